The van der Waals surface area contributed by atoms with Crippen LogP contribution in [0.1, 0.15) is 5.56 Å². The van der Waals surface area contributed by atoms with E-state index in [4.69, 9.17) is 15.5 Å². The number of nitrogens with zero attached hydrogens (tertiary/aromatic N) is 4. The van der Waals surface area contributed by atoms with Gasteiger partial charge in [0.05, 0.1) is 17.7 Å². The van der Waals surface area contributed by atoms with Gasteiger partial charge in [-0.15, -0.1) is 0 Å². The molecule has 0 saturated carbocycles. The second kappa shape index (κ2) is 11.5. The van der Waals surface area contributed by atoms with Crippen LogP contribution in [0, 0.1) is 0 Å². The average Bonchev–Trinajstić information content (AvgIpc) is 2.92. The Morgan fingerprint density at radius 1 is 1.03 bits per heavy atom. The Balaban J connectivity index is 1.27. The van der Waals surface area contributed by atoms with Crippen molar-refractivity contribution in [2.24, 2.45) is 0 Å². The van der Waals surface area contributed by atoms with E-state index < -0.39 is 0 Å². The van der Waals surface area contributed by atoms with Crippen LogP contribution in [-0.4, -0.2) is 77.7 Å². The maximum absolute atomic E-state index is 12.7. The van der Waals surface area contributed by atoms with Crippen molar-refractivity contribution in [1.29, 1.82) is 0 Å². The lowest BCUT2D eigenvalue weighted by Gasteiger charge is -2.34. The lowest BCUT2D eigenvalue weighted by atomic mass is 10.1. The molecule has 4 heterocycles. The number of nitrogens with one attached hydrogen (secondary N) is 2. The van der Waals surface area contributed by atoms with E-state index >= 15 is 0 Å². The number of H-pyrrole nitrogens is 1. The van der Waals surface area contributed by atoms with Crippen molar-refractivity contribution < 1.29 is 4.74 Å². The van der Waals surface area contributed by atoms with Gasteiger partial charge < -0.3 is 25.7 Å². The summed E-state index contributed by atoms with van der Waals surface area (Å²) in [4.78, 5) is 29.4. The van der Waals surface area contributed by atoms with Gasteiger partial charge in [0.25, 0.3) is 5.56 Å². The van der Waals surface area contributed by atoms with Gasteiger partial charge in [0.1, 0.15) is 11.6 Å². The predicted octanol–water partition coefficient (Wildman–Crippen LogP) is 3.12. The van der Waals surface area contributed by atoms with E-state index in [-0.39, 0.29) is 5.56 Å². The quantitative estimate of drug-likeness (QED) is 0.322. The summed E-state index contributed by atoms with van der Waals surface area (Å²) >= 11 is 0. The molecule has 3 aromatic heterocycles. The first-order valence-electron chi connectivity index (χ1n) is 12.6. The van der Waals surface area contributed by atoms with Gasteiger partial charge in [-0.1, -0.05) is 12.1 Å². The van der Waals surface area contributed by atoms with E-state index in [1.54, 1.807) is 25.6 Å². The lowest BCUT2D eigenvalue weighted by Crippen LogP contribution is -2.47. The molecule has 0 aliphatic carbocycles. The van der Waals surface area contributed by atoms with E-state index in [1.165, 1.54) is 5.56 Å². The highest BCUT2D eigenvalue weighted by atomic mass is 16.5. The molecule has 0 amide bonds. The van der Waals surface area contributed by atoms with Gasteiger partial charge in [0.15, 0.2) is 0 Å². The van der Waals surface area contributed by atoms with Crippen LogP contribution in [0.25, 0.3) is 22.0 Å². The summed E-state index contributed by atoms with van der Waals surface area (Å²) < 4.78 is 5.19. The summed E-state index contributed by atoms with van der Waals surface area (Å²) in [7, 11) is 1.76. The Kier molecular flexibility index (Phi) is 7.74. The average molecular weight is 500 g/mol. The summed E-state index contributed by atoms with van der Waals surface area (Å²) in [6.45, 7) is 7.23. The van der Waals surface area contributed by atoms with Crippen molar-refractivity contribution in [1.82, 2.24) is 24.8 Å². The largest absolute Gasteiger partial charge is 0.384 e. The molecule has 5 rings (SSSR count). The molecule has 0 bridgehead atoms. The number of methoxy groups -OCH3 is 1. The van der Waals surface area contributed by atoms with Crippen LogP contribution >= 0.6 is 0 Å². The fourth-order valence-corrected chi connectivity index (χ4v) is 4.64. The highest BCUT2D eigenvalue weighted by Gasteiger charge is 2.16. The summed E-state index contributed by atoms with van der Waals surface area (Å²) in [6, 6.07) is 15.7. The molecule has 1 fully saturated rings. The van der Waals surface area contributed by atoms with Crippen LogP contribution in [-0.2, 0) is 11.2 Å². The van der Waals surface area contributed by atoms with Crippen molar-refractivity contribution in [3.8, 4) is 11.3 Å². The van der Waals surface area contributed by atoms with Gasteiger partial charge >= 0.3 is 0 Å². The van der Waals surface area contributed by atoms with Gasteiger partial charge in [-0.3, -0.25) is 9.69 Å². The molecule has 4 N–H and O–H groups in total. The highest BCUT2D eigenvalue weighted by molar-refractivity contribution is 5.95. The molecule has 0 spiro atoms. The zero-order valence-electron chi connectivity index (χ0n) is 21.1. The molecular formula is C28H33N7O2. The minimum atomic E-state index is -0.187. The van der Waals surface area contributed by atoms with Crippen LogP contribution in [0.5, 0.6) is 0 Å². The second-order valence-electron chi connectivity index (χ2n) is 9.35. The maximum atomic E-state index is 12.7. The van der Waals surface area contributed by atoms with Gasteiger partial charge in [0.2, 0.25) is 0 Å². The van der Waals surface area contributed by atoms with Crippen LogP contribution in [0.4, 0.5) is 17.3 Å². The fraction of sp³-hybridized carbons (Fsp3) is 0.321. The molecule has 1 aromatic carbocycles. The number of nitrogen functional groups attached to an aromatic ring is 1. The first-order chi connectivity index (χ1) is 18.1. The highest BCUT2D eigenvalue weighted by Crippen LogP contribution is 2.28. The lowest BCUT2D eigenvalue weighted by molar-refractivity contribution is 0.0976. The van der Waals surface area contributed by atoms with Crippen molar-refractivity contribution in [2.45, 2.75) is 6.42 Å². The third-order valence-electron chi connectivity index (χ3n) is 6.85. The van der Waals surface area contributed by atoms with Gasteiger partial charge in [-0.25, -0.2) is 9.97 Å². The molecule has 1 saturated heterocycles. The number of anilines is 3. The number of hydrogen-bond acceptors (Lipinski definition) is 8. The molecule has 0 unspecified atom stereocenters. The zero-order chi connectivity index (χ0) is 25.6. The van der Waals surface area contributed by atoms with Gasteiger partial charge in [-0.2, -0.15) is 0 Å². The minimum absolute atomic E-state index is 0.187. The third kappa shape index (κ3) is 6.14. The van der Waals surface area contributed by atoms with Crippen LogP contribution in [0.15, 0.2) is 65.7 Å². The molecule has 37 heavy (non-hydrogen) atoms. The molecule has 0 radical (unpaired) electrons. The van der Waals surface area contributed by atoms with Crippen molar-refractivity contribution >= 4 is 28.1 Å². The standard InChI is InChI=1S/C28H33N7O2/c1-37-17-16-35-14-12-34(13-15-35)11-9-20-2-5-23(6-3-20)32-27-26-21(8-10-30-28(26)36)18-24(33-27)22-4-7-25(29)31-19-22/h2-8,10,18-19H,9,11-17H2,1H3,(H2,29,31)(H,30,36)(H,32,33). The monoisotopic (exact) mass is 499 g/mol. The predicted molar refractivity (Wildman–Crippen MR) is 148 cm³/mol. The van der Waals surface area contributed by atoms with E-state index in [0.29, 0.717) is 22.7 Å². The third-order valence-corrected chi connectivity index (χ3v) is 6.85. The topological polar surface area (TPSA) is 112 Å². The molecule has 9 nitrogen and oxygen atoms in total. The van der Waals surface area contributed by atoms with E-state index in [9.17, 15) is 4.79 Å². The van der Waals surface area contributed by atoms with Crippen molar-refractivity contribution in [3.63, 3.8) is 0 Å². The summed E-state index contributed by atoms with van der Waals surface area (Å²) in [5, 5.41) is 4.68. The summed E-state index contributed by atoms with van der Waals surface area (Å²) in [5.41, 5.74) is 9.26. The Morgan fingerprint density at radius 2 is 1.78 bits per heavy atom. The van der Waals surface area contributed by atoms with Crippen molar-refractivity contribution in [2.75, 3.05) is 64.0 Å². The Hall–Kier alpha value is -3.79. The normalized spacial score (nSPS) is 14.7. The van der Waals surface area contributed by atoms with E-state index in [0.717, 1.165) is 68.9 Å². The SMILES string of the molecule is COCCN1CCN(CCc2ccc(Nc3nc(-c4ccc(N)nc4)cc4cc[nH]c(=O)c34)cc2)CC1. The van der Waals surface area contributed by atoms with Crippen molar-refractivity contribution in [3.05, 3.63) is 76.8 Å². The molecule has 4 aromatic rings. The number of ether oxygens (including phenoxy) is 1. The number of benzene rings is 1. The Morgan fingerprint density at radius 3 is 2.49 bits per heavy atom. The Labute approximate surface area is 216 Å². The molecular weight excluding hydrogens is 466 g/mol. The number of rotatable bonds is 9. The number of aromatic nitrogens is 3. The number of nitrogens with two attached hydrogens (primary N) is 1. The molecule has 192 valence electrons. The van der Waals surface area contributed by atoms with Gasteiger partial charge in [-0.05, 0) is 53.8 Å². The van der Waals surface area contributed by atoms with E-state index in [2.05, 4.69) is 37.2 Å². The minimum Gasteiger partial charge on any atom is -0.384 e. The molecule has 1 aliphatic heterocycles. The second-order valence-corrected chi connectivity index (χ2v) is 9.35. The maximum Gasteiger partial charge on any atom is 0.259 e. The summed E-state index contributed by atoms with van der Waals surface area (Å²) in [6.07, 6.45) is 4.33. The molecule has 1 aliphatic rings. The first-order valence-corrected chi connectivity index (χ1v) is 12.6. The van der Waals surface area contributed by atoms with Gasteiger partial charge in [0, 0.05) is 70.0 Å². The fourth-order valence-electron chi connectivity index (χ4n) is 4.64. The number of fused-ring (bicyclic) bond motifs is 1. The molecule has 9 heteroatoms. The number of hydrogen-bond donors (Lipinski definition) is 3. The van der Waals surface area contributed by atoms with Crippen LogP contribution < -0.4 is 16.6 Å². The first kappa shape index (κ1) is 24.9. The number of piperazine rings is 1. The number of aromatic amines is 1. The summed E-state index contributed by atoms with van der Waals surface area (Å²) in [5.74, 6) is 0.953. The Bertz CT molecular complexity index is 1380. The molecule has 0 atom stereocenters. The zero-order valence-corrected chi connectivity index (χ0v) is 21.1. The van der Waals surface area contributed by atoms with Crippen LogP contribution in [0.2, 0.25) is 0 Å². The number of pyridine rings is 3. The smallest absolute Gasteiger partial charge is 0.259 e. The van der Waals surface area contributed by atoms with E-state index in [1.807, 2.05) is 30.3 Å². The van der Waals surface area contributed by atoms with Crippen LogP contribution in [0.3, 0.4) is 0 Å².